The molecule has 1 aliphatic rings. The van der Waals surface area contributed by atoms with Crippen LogP contribution in [-0.4, -0.2) is 34.6 Å². The van der Waals surface area contributed by atoms with E-state index in [0.717, 1.165) is 30.5 Å². The molecule has 1 unspecified atom stereocenters. The monoisotopic (exact) mass is 276 g/mol. The van der Waals surface area contributed by atoms with E-state index in [1.807, 2.05) is 36.1 Å². The first-order valence-electron chi connectivity index (χ1n) is 7.29. The van der Waals surface area contributed by atoms with Crippen LogP contribution in [0.3, 0.4) is 0 Å². The van der Waals surface area contributed by atoms with Crippen molar-refractivity contribution in [2.45, 2.75) is 44.8 Å². The Morgan fingerprint density at radius 1 is 1.30 bits per heavy atom. The summed E-state index contributed by atoms with van der Waals surface area (Å²) in [4.78, 5) is 14.3. The number of carbonyl (C=O) groups excluding carboxylic acids is 1. The lowest BCUT2D eigenvalue weighted by atomic mass is 9.98. The predicted molar refractivity (Wildman–Crippen MR) is 79.1 cm³/mol. The molecule has 0 aromatic heterocycles. The maximum Gasteiger partial charge on any atom is 0.227 e. The van der Waals surface area contributed by atoms with Crippen LogP contribution in [0.5, 0.6) is 0 Å². The van der Waals surface area contributed by atoms with Crippen LogP contribution < -0.4 is 5.73 Å². The lowest BCUT2D eigenvalue weighted by molar-refractivity contribution is -0.130. The molecule has 0 aliphatic carbocycles. The summed E-state index contributed by atoms with van der Waals surface area (Å²) >= 11 is 0. The highest BCUT2D eigenvalue weighted by Crippen LogP contribution is 2.22. The van der Waals surface area contributed by atoms with Crippen molar-refractivity contribution >= 4 is 5.91 Å². The fourth-order valence-corrected chi connectivity index (χ4v) is 2.72. The molecule has 0 saturated carbocycles. The Morgan fingerprint density at radius 3 is 2.70 bits per heavy atom. The molecule has 1 amide bonds. The molecule has 1 aromatic rings. The maximum atomic E-state index is 12.4. The van der Waals surface area contributed by atoms with E-state index in [-0.39, 0.29) is 5.91 Å². The van der Waals surface area contributed by atoms with Gasteiger partial charge in [0.2, 0.25) is 5.91 Å². The van der Waals surface area contributed by atoms with Crippen molar-refractivity contribution < 1.29 is 9.90 Å². The number of amides is 1. The van der Waals surface area contributed by atoms with Gasteiger partial charge in [-0.1, -0.05) is 24.3 Å². The smallest absolute Gasteiger partial charge is 0.227 e. The number of carbonyl (C=O) groups is 1. The van der Waals surface area contributed by atoms with E-state index in [1.54, 1.807) is 0 Å². The van der Waals surface area contributed by atoms with E-state index < -0.39 is 5.60 Å². The van der Waals surface area contributed by atoms with Crippen molar-refractivity contribution in [2.24, 2.45) is 5.73 Å². The third-order valence-corrected chi connectivity index (χ3v) is 4.10. The quantitative estimate of drug-likeness (QED) is 0.878. The molecule has 1 saturated heterocycles. The molecule has 0 radical (unpaired) electrons. The Bertz CT molecular complexity index is 471. The zero-order chi connectivity index (χ0) is 14.6. The van der Waals surface area contributed by atoms with Gasteiger partial charge in [0.05, 0.1) is 12.0 Å². The first-order valence-corrected chi connectivity index (χ1v) is 7.29. The largest absolute Gasteiger partial charge is 0.390 e. The number of likely N-dealkylation sites (tertiary alicyclic amines) is 1. The lowest BCUT2D eigenvalue weighted by Gasteiger charge is -2.23. The van der Waals surface area contributed by atoms with Crippen LogP contribution in [0.15, 0.2) is 24.3 Å². The Morgan fingerprint density at radius 2 is 2.00 bits per heavy atom. The van der Waals surface area contributed by atoms with E-state index in [1.165, 1.54) is 0 Å². The van der Waals surface area contributed by atoms with Gasteiger partial charge in [-0.25, -0.2) is 0 Å². The van der Waals surface area contributed by atoms with Gasteiger partial charge in [-0.05, 0) is 37.3 Å². The summed E-state index contributed by atoms with van der Waals surface area (Å²) in [5, 5.41) is 10.1. The zero-order valence-electron chi connectivity index (χ0n) is 12.1. The number of benzene rings is 1. The highest BCUT2D eigenvalue weighted by Gasteiger charge is 2.27. The lowest BCUT2D eigenvalue weighted by Crippen LogP contribution is -2.34. The van der Waals surface area contributed by atoms with E-state index >= 15 is 0 Å². The Hall–Kier alpha value is -1.39. The van der Waals surface area contributed by atoms with Gasteiger partial charge < -0.3 is 15.7 Å². The normalized spacial score (nSPS) is 23.4. The Labute approximate surface area is 120 Å². The topological polar surface area (TPSA) is 66.6 Å². The van der Waals surface area contributed by atoms with Crippen LogP contribution in [0.25, 0.3) is 0 Å². The van der Waals surface area contributed by atoms with Gasteiger partial charge in [0, 0.05) is 19.6 Å². The van der Waals surface area contributed by atoms with Crippen molar-refractivity contribution in [3.05, 3.63) is 35.4 Å². The summed E-state index contributed by atoms with van der Waals surface area (Å²) in [6.07, 6.45) is 2.67. The molecule has 4 nitrogen and oxygen atoms in total. The highest BCUT2D eigenvalue weighted by molar-refractivity contribution is 5.79. The average molecular weight is 276 g/mol. The van der Waals surface area contributed by atoms with Crippen LogP contribution in [-0.2, 0) is 17.8 Å². The van der Waals surface area contributed by atoms with Crippen molar-refractivity contribution in [3.8, 4) is 0 Å². The van der Waals surface area contributed by atoms with E-state index in [0.29, 0.717) is 25.9 Å². The second-order valence-electron chi connectivity index (χ2n) is 5.88. The summed E-state index contributed by atoms with van der Waals surface area (Å²) < 4.78 is 0. The number of hydrogen-bond acceptors (Lipinski definition) is 3. The number of rotatable bonds is 3. The summed E-state index contributed by atoms with van der Waals surface area (Å²) in [5.74, 6) is 0.128. The highest BCUT2D eigenvalue weighted by atomic mass is 16.3. The molecule has 1 aliphatic heterocycles. The van der Waals surface area contributed by atoms with E-state index in [2.05, 4.69) is 0 Å². The molecular weight excluding hydrogens is 252 g/mol. The van der Waals surface area contributed by atoms with Crippen LogP contribution in [0.4, 0.5) is 0 Å². The number of nitrogens with zero attached hydrogens (tertiary/aromatic N) is 1. The van der Waals surface area contributed by atoms with Crippen molar-refractivity contribution in [2.75, 3.05) is 13.1 Å². The third kappa shape index (κ3) is 3.81. The summed E-state index contributed by atoms with van der Waals surface area (Å²) in [6.45, 7) is 3.68. The summed E-state index contributed by atoms with van der Waals surface area (Å²) in [7, 11) is 0. The first-order chi connectivity index (χ1) is 9.52. The third-order valence-electron chi connectivity index (χ3n) is 4.10. The second-order valence-corrected chi connectivity index (χ2v) is 5.88. The fraction of sp³-hybridized carbons (Fsp3) is 0.562. The van der Waals surface area contributed by atoms with E-state index in [9.17, 15) is 9.90 Å². The van der Waals surface area contributed by atoms with Gasteiger partial charge in [0.1, 0.15) is 0 Å². The number of hydrogen-bond donors (Lipinski definition) is 2. The molecule has 4 heteroatoms. The van der Waals surface area contributed by atoms with Gasteiger partial charge >= 0.3 is 0 Å². The molecular formula is C16H24N2O2. The fourth-order valence-electron chi connectivity index (χ4n) is 2.72. The molecule has 110 valence electrons. The molecule has 1 fully saturated rings. The van der Waals surface area contributed by atoms with Gasteiger partial charge in [0.25, 0.3) is 0 Å². The van der Waals surface area contributed by atoms with Gasteiger partial charge in [-0.2, -0.15) is 0 Å². The van der Waals surface area contributed by atoms with E-state index in [4.69, 9.17) is 5.73 Å². The molecule has 1 aromatic carbocycles. The van der Waals surface area contributed by atoms with Crippen LogP contribution in [0.1, 0.15) is 37.3 Å². The Kier molecular flexibility index (Phi) is 4.78. The maximum absolute atomic E-state index is 12.4. The van der Waals surface area contributed by atoms with Crippen LogP contribution >= 0.6 is 0 Å². The molecule has 20 heavy (non-hydrogen) atoms. The average Bonchev–Trinajstić information content (AvgIpc) is 2.60. The van der Waals surface area contributed by atoms with Crippen molar-refractivity contribution in [1.29, 1.82) is 0 Å². The summed E-state index contributed by atoms with van der Waals surface area (Å²) in [6, 6.07) is 7.82. The predicted octanol–water partition coefficient (Wildman–Crippen LogP) is 1.45. The minimum atomic E-state index is -0.635. The molecule has 1 atom stereocenters. The molecule has 0 spiro atoms. The first kappa shape index (κ1) is 15.0. The zero-order valence-corrected chi connectivity index (χ0v) is 12.1. The molecule has 1 heterocycles. The van der Waals surface area contributed by atoms with Gasteiger partial charge in [-0.3, -0.25) is 4.79 Å². The minimum absolute atomic E-state index is 0.128. The standard InChI is InChI=1S/C16H24N2O2/c1-16(20)7-4-9-18(10-8-16)15(19)11-13-5-2-3-6-14(13)12-17/h2-3,5-6,20H,4,7-12,17H2,1H3. The molecule has 0 bridgehead atoms. The van der Waals surface area contributed by atoms with Crippen molar-refractivity contribution in [1.82, 2.24) is 4.90 Å². The van der Waals surface area contributed by atoms with Crippen molar-refractivity contribution in [3.63, 3.8) is 0 Å². The Balaban J connectivity index is 2.01. The molecule has 3 N–H and O–H groups in total. The van der Waals surface area contributed by atoms with Crippen LogP contribution in [0, 0.1) is 0 Å². The SMILES string of the molecule is CC1(O)CCCN(C(=O)Cc2ccccc2CN)CC1. The number of nitrogens with two attached hydrogens (primary N) is 1. The minimum Gasteiger partial charge on any atom is -0.390 e. The van der Waals surface area contributed by atoms with Gasteiger partial charge in [0.15, 0.2) is 0 Å². The van der Waals surface area contributed by atoms with Crippen LogP contribution in [0.2, 0.25) is 0 Å². The number of aliphatic hydroxyl groups is 1. The second kappa shape index (κ2) is 6.37. The molecule has 2 rings (SSSR count). The van der Waals surface area contributed by atoms with Gasteiger partial charge in [-0.15, -0.1) is 0 Å². The summed E-state index contributed by atoms with van der Waals surface area (Å²) in [5.41, 5.74) is 7.11.